The molecule has 1 fully saturated rings. The number of fused-ring (bicyclic) bond motifs is 1. The molecule has 19 heavy (non-hydrogen) atoms. The fraction of sp³-hybridized carbons (Fsp3) is 0.571. The molecule has 0 N–H and O–H groups in total. The summed E-state index contributed by atoms with van der Waals surface area (Å²) in [6, 6.07) is 4.14. The third-order valence-corrected chi connectivity index (χ3v) is 4.74. The summed E-state index contributed by atoms with van der Waals surface area (Å²) in [4.78, 5) is 0. The predicted octanol–water partition coefficient (Wildman–Crippen LogP) is 2.68. The Kier molecular flexibility index (Phi) is 3.00. The summed E-state index contributed by atoms with van der Waals surface area (Å²) in [5.41, 5.74) is 1.55. The van der Waals surface area contributed by atoms with E-state index in [1.165, 1.54) is 5.56 Å². The molecule has 3 nitrogen and oxygen atoms in total. The van der Waals surface area contributed by atoms with Gasteiger partial charge in [0.2, 0.25) is 0 Å². The van der Waals surface area contributed by atoms with Crippen molar-refractivity contribution in [1.82, 2.24) is 0 Å². The number of ether oxygens (including phenoxy) is 1. The quantitative estimate of drug-likeness (QED) is 0.743. The average molecular weight is 325 g/mol. The summed E-state index contributed by atoms with van der Waals surface area (Å²) in [5.74, 6) is 0.932. The highest BCUT2D eigenvalue weighted by molar-refractivity contribution is 9.10. The van der Waals surface area contributed by atoms with Crippen molar-refractivity contribution in [1.29, 1.82) is 0 Å². The second-order valence-corrected chi connectivity index (χ2v) is 7.09. The van der Waals surface area contributed by atoms with Crippen LogP contribution in [0.3, 0.4) is 0 Å². The lowest BCUT2D eigenvalue weighted by Gasteiger charge is -2.32. The van der Waals surface area contributed by atoms with Crippen LogP contribution in [0.1, 0.15) is 33.3 Å². The van der Waals surface area contributed by atoms with Crippen LogP contribution in [0.5, 0.6) is 5.75 Å². The SMILES string of the molecule is CC1(C)OB(c2cc(Br)cc3c2OCC3)OC1(C)C. The van der Waals surface area contributed by atoms with Crippen LogP contribution in [0.4, 0.5) is 0 Å². The van der Waals surface area contributed by atoms with Crippen LogP contribution in [0.25, 0.3) is 0 Å². The fourth-order valence-corrected chi connectivity index (χ4v) is 2.97. The van der Waals surface area contributed by atoms with Crippen molar-refractivity contribution in [3.63, 3.8) is 0 Å². The smallest absolute Gasteiger partial charge is 0.493 e. The predicted molar refractivity (Wildman–Crippen MR) is 79.1 cm³/mol. The van der Waals surface area contributed by atoms with E-state index in [0.29, 0.717) is 0 Å². The maximum absolute atomic E-state index is 6.11. The van der Waals surface area contributed by atoms with Gasteiger partial charge in [0.15, 0.2) is 0 Å². The van der Waals surface area contributed by atoms with Gasteiger partial charge in [0.1, 0.15) is 5.75 Å². The Hall–Kier alpha value is -0.515. The Labute approximate surface area is 122 Å². The molecule has 0 aliphatic carbocycles. The van der Waals surface area contributed by atoms with Gasteiger partial charge in [0.05, 0.1) is 17.8 Å². The van der Waals surface area contributed by atoms with Gasteiger partial charge in [-0.2, -0.15) is 0 Å². The molecule has 2 aliphatic rings. The molecule has 0 radical (unpaired) electrons. The number of rotatable bonds is 1. The highest BCUT2D eigenvalue weighted by Gasteiger charge is 2.52. The molecule has 2 aliphatic heterocycles. The summed E-state index contributed by atoms with van der Waals surface area (Å²) in [5, 5.41) is 0. The summed E-state index contributed by atoms with van der Waals surface area (Å²) in [6.45, 7) is 8.98. The molecule has 0 bridgehead atoms. The van der Waals surface area contributed by atoms with Crippen LogP contribution in [-0.2, 0) is 15.7 Å². The molecule has 0 amide bonds. The van der Waals surface area contributed by atoms with Crippen molar-refractivity contribution in [2.45, 2.75) is 45.3 Å². The topological polar surface area (TPSA) is 27.7 Å². The molecule has 5 heteroatoms. The van der Waals surface area contributed by atoms with E-state index in [0.717, 1.165) is 28.7 Å². The van der Waals surface area contributed by atoms with E-state index in [1.54, 1.807) is 0 Å². The Balaban J connectivity index is 2.01. The van der Waals surface area contributed by atoms with Gasteiger partial charge in [0.25, 0.3) is 0 Å². The van der Waals surface area contributed by atoms with Crippen LogP contribution in [-0.4, -0.2) is 24.9 Å². The van der Waals surface area contributed by atoms with E-state index in [9.17, 15) is 0 Å². The molecule has 0 spiro atoms. The molecule has 3 rings (SSSR count). The lowest BCUT2D eigenvalue weighted by atomic mass is 9.77. The normalized spacial score (nSPS) is 23.3. The third kappa shape index (κ3) is 2.12. The van der Waals surface area contributed by atoms with Gasteiger partial charge in [-0.05, 0) is 45.4 Å². The lowest BCUT2D eigenvalue weighted by Crippen LogP contribution is -2.41. The molecular formula is C14H18BBrO3. The van der Waals surface area contributed by atoms with Crippen molar-refractivity contribution < 1.29 is 14.0 Å². The van der Waals surface area contributed by atoms with Crippen molar-refractivity contribution in [2.75, 3.05) is 6.61 Å². The van der Waals surface area contributed by atoms with E-state index in [1.807, 2.05) is 6.07 Å². The zero-order valence-electron chi connectivity index (χ0n) is 11.7. The Bertz CT molecular complexity index is 512. The van der Waals surface area contributed by atoms with Gasteiger partial charge in [-0.25, -0.2) is 0 Å². The highest BCUT2D eigenvalue weighted by atomic mass is 79.9. The fourth-order valence-electron chi connectivity index (χ4n) is 2.44. The van der Waals surface area contributed by atoms with Crippen molar-refractivity contribution in [2.24, 2.45) is 0 Å². The van der Waals surface area contributed by atoms with E-state index in [2.05, 4.69) is 49.7 Å². The van der Waals surface area contributed by atoms with Crippen LogP contribution < -0.4 is 10.2 Å². The van der Waals surface area contributed by atoms with Gasteiger partial charge in [-0.15, -0.1) is 0 Å². The van der Waals surface area contributed by atoms with E-state index >= 15 is 0 Å². The van der Waals surface area contributed by atoms with Crippen molar-refractivity contribution in [3.05, 3.63) is 22.2 Å². The Morgan fingerprint density at radius 3 is 2.37 bits per heavy atom. The monoisotopic (exact) mass is 324 g/mol. The number of halogens is 1. The minimum Gasteiger partial charge on any atom is -0.493 e. The van der Waals surface area contributed by atoms with Crippen molar-refractivity contribution >= 4 is 28.5 Å². The number of benzene rings is 1. The maximum atomic E-state index is 6.11. The van der Waals surface area contributed by atoms with Gasteiger partial charge in [-0.3, -0.25) is 0 Å². The van der Waals surface area contributed by atoms with Crippen LogP contribution >= 0.6 is 15.9 Å². The molecule has 0 atom stereocenters. The van der Waals surface area contributed by atoms with Gasteiger partial charge >= 0.3 is 7.12 Å². The molecular weight excluding hydrogens is 307 g/mol. The highest BCUT2D eigenvalue weighted by Crippen LogP contribution is 2.38. The Morgan fingerprint density at radius 2 is 1.74 bits per heavy atom. The first kappa shape index (κ1) is 13.5. The third-order valence-electron chi connectivity index (χ3n) is 4.28. The molecule has 0 aromatic heterocycles. The van der Waals surface area contributed by atoms with Crippen LogP contribution in [0.2, 0.25) is 0 Å². The minimum atomic E-state index is -0.366. The molecule has 0 saturated carbocycles. The van der Waals surface area contributed by atoms with Gasteiger partial charge in [-0.1, -0.05) is 15.9 Å². The van der Waals surface area contributed by atoms with Crippen molar-refractivity contribution in [3.8, 4) is 5.75 Å². The summed E-state index contributed by atoms with van der Waals surface area (Å²) in [7, 11) is -0.366. The molecule has 2 heterocycles. The Morgan fingerprint density at radius 1 is 1.11 bits per heavy atom. The zero-order chi connectivity index (χ0) is 13.8. The molecule has 1 aromatic rings. The van der Waals surface area contributed by atoms with E-state index in [-0.39, 0.29) is 18.3 Å². The first-order valence-electron chi connectivity index (χ1n) is 6.61. The molecule has 1 aromatic carbocycles. The average Bonchev–Trinajstić information content (AvgIpc) is 2.80. The van der Waals surface area contributed by atoms with Crippen LogP contribution in [0.15, 0.2) is 16.6 Å². The first-order valence-corrected chi connectivity index (χ1v) is 7.40. The summed E-state index contributed by atoms with van der Waals surface area (Å²) in [6.07, 6.45) is 0.946. The maximum Gasteiger partial charge on any atom is 0.498 e. The minimum absolute atomic E-state index is 0.328. The number of hydrogen-bond acceptors (Lipinski definition) is 3. The van der Waals surface area contributed by atoms with Gasteiger partial charge in [0, 0.05) is 16.4 Å². The number of hydrogen-bond donors (Lipinski definition) is 0. The molecule has 102 valence electrons. The summed E-state index contributed by atoms with van der Waals surface area (Å²) >= 11 is 3.55. The van der Waals surface area contributed by atoms with Crippen LogP contribution in [0, 0.1) is 0 Å². The standard InChI is InChI=1S/C14H18BBrO3/c1-13(2)14(3,4)19-15(18-13)11-8-10(16)7-9-5-6-17-12(9)11/h7-8H,5-6H2,1-4H3. The second-order valence-electron chi connectivity index (χ2n) is 6.17. The largest absolute Gasteiger partial charge is 0.498 e. The van der Waals surface area contributed by atoms with Gasteiger partial charge < -0.3 is 14.0 Å². The second kappa shape index (κ2) is 4.24. The molecule has 1 saturated heterocycles. The van der Waals surface area contributed by atoms with E-state index < -0.39 is 0 Å². The van der Waals surface area contributed by atoms with E-state index in [4.69, 9.17) is 14.0 Å². The molecule has 0 unspecified atom stereocenters. The lowest BCUT2D eigenvalue weighted by molar-refractivity contribution is 0.00578. The first-order chi connectivity index (χ1) is 8.80. The zero-order valence-corrected chi connectivity index (χ0v) is 13.3. The summed E-state index contributed by atoms with van der Waals surface area (Å²) < 4.78 is 19.0.